The van der Waals surface area contributed by atoms with Crippen molar-refractivity contribution in [1.82, 2.24) is 4.98 Å². The van der Waals surface area contributed by atoms with Crippen LogP contribution in [0, 0.1) is 6.92 Å². The minimum atomic E-state index is -0.317. The van der Waals surface area contributed by atoms with Crippen molar-refractivity contribution < 1.29 is 14.3 Å². The molecule has 6 heteroatoms. The van der Waals surface area contributed by atoms with E-state index in [2.05, 4.69) is 9.98 Å². The van der Waals surface area contributed by atoms with Gasteiger partial charge in [0.1, 0.15) is 5.75 Å². The normalized spacial score (nSPS) is 11.1. The number of hydrogen-bond donors (Lipinski definition) is 1. The summed E-state index contributed by atoms with van der Waals surface area (Å²) in [5, 5.41) is 10.5. The highest BCUT2D eigenvalue weighted by molar-refractivity contribution is 6.30. The van der Waals surface area contributed by atoms with Crippen molar-refractivity contribution >= 4 is 23.5 Å². The van der Waals surface area contributed by atoms with Crippen molar-refractivity contribution in [2.24, 2.45) is 4.99 Å². The Morgan fingerprint density at radius 1 is 1.21 bits per heavy atom. The van der Waals surface area contributed by atoms with Crippen LogP contribution in [0.4, 0.5) is 5.69 Å². The van der Waals surface area contributed by atoms with E-state index in [9.17, 15) is 5.11 Å². The summed E-state index contributed by atoms with van der Waals surface area (Å²) in [5.41, 5.74) is 2.68. The SMILES string of the molecule is COc1ccc(Cl)cc1-c1nc(C=Nc2ccc(C)cc2)c(O)o1. The van der Waals surface area contributed by atoms with E-state index in [0.29, 0.717) is 16.3 Å². The largest absolute Gasteiger partial charge is 0.496 e. The van der Waals surface area contributed by atoms with Crippen molar-refractivity contribution in [3.05, 3.63) is 58.7 Å². The van der Waals surface area contributed by atoms with Crippen LogP contribution >= 0.6 is 11.6 Å². The summed E-state index contributed by atoms with van der Waals surface area (Å²) >= 11 is 6.01. The molecule has 3 rings (SSSR count). The van der Waals surface area contributed by atoms with Gasteiger partial charge in [-0.05, 0) is 37.3 Å². The van der Waals surface area contributed by atoms with E-state index in [0.717, 1.165) is 11.3 Å². The maximum Gasteiger partial charge on any atom is 0.312 e. The molecule has 0 aliphatic heterocycles. The average molecular weight is 343 g/mol. The highest BCUT2D eigenvalue weighted by atomic mass is 35.5. The van der Waals surface area contributed by atoms with E-state index in [1.54, 1.807) is 18.2 Å². The Kier molecular flexibility index (Phi) is 4.53. The molecule has 0 amide bonds. The van der Waals surface area contributed by atoms with Crippen LogP contribution in [0.3, 0.4) is 0 Å². The molecule has 1 N–H and O–H groups in total. The number of rotatable bonds is 4. The van der Waals surface area contributed by atoms with Gasteiger partial charge < -0.3 is 14.3 Å². The van der Waals surface area contributed by atoms with Gasteiger partial charge in [-0.2, -0.15) is 0 Å². The third-order valence-corrected chi connectivity index (χ3v) is 3.63. The average Bonchev–Trinajstić information content (AvgIpc) is 2.95. The fourth-order valence-electron chi connectivity index (χ4n) is 2.14. The topological polar surface area (TPSA) is 67.9 Å². The molecule has 0 aliphatic rings. The molecule has 0 fully saturated rings. The van der Waals surface area contributed by atoms with E-state index < -0.39 is 0 Å². The highest BCUT2D eigenvalue weighted by Crippen LogP contribution is 2.34. The van der Waals surface area contributed by atoms with Gasteiger partial charge in [-0.3, -0.25) is 4.99 Å². The molecular formula is C18H15ClN2O3. The third-order valence-electron chi connectivity index (χ3n) is 3.40. The van der Waals surface area contributed by atoms with Crippen molar-refractivity contribution in [1.29, 1.82) is 0 Å². The summed E-state index contributed by atoms with van der Waals surface area (Å²) in [5.74, 6) is 0.433. The number of oxazole rings is 1. The van der Waals surface area contributed by atoms with Crippen molar-refractivity contribution in [3.8, 4) is 23.1 Å². The van der Waals surface area contributed by atoms with Gasteiger partial charge >= 0.3 is 5.95 Å². The predicted octanol–water partition coefficient (Wildman–Crippen LogP) is 4.77. The smallest absolute Gasteiger partial charge is 0.312 e. The van der Waals surface area contributed by atoms with E-state index >= 15 is 0 Å². The number of benzene rings is 2. The zero-order valence-electron chi connectivity index (χ0n) is 13.2. The molecule has 122 valence electrons. The van der Waals surface area contributed by atoms with Gasteiger partial charge in [-0.15, -0.1) is 0 Å². The number of aryl methyl sites for hydroxylation is 1. The summed E-state index contributed by atoms with van der Waals surface area (Å²) < 4.78 is 10.6. The second kappa shape index (κ2) is 6.76. The molecule has 24 heavy (non-hydrogen) atoms. The van der Waals surface area contributed by atoms with Crippen LogP contribution in [0.5, 0.6) is 11.7 Å². The van der Waals surface area contributed by atoms with E-state index in [4.69, 9.17) is 20.8 Å². The maximum absolute atomic E-state index is 9.95. The highest BCUT2D eigenvalue weighted by Gasteiger charge is 2.16. The summed E-state index contributed by atoms with van der Waals surface area (Å²) in [4.78, 5) is 8.54. The molecule has 5 nitrogen and oxygen atoms in total. The quantitative estimate of drug-likeness (QED) is 0.693. The monoisotopic (exact) mass is 342 g/mol. The molecular weight excluding hydrogens is 328 g/mol. The second-order valence-corrected chi connectivity index (χ2v) is 5.58. The van der Waals surface area contributed by atoms with E-state index in [1.807, 2.05) is 31.2 Å². The summed E-state index contributed by atoms with van der Waals surface area (Å²) in [6, 6.07) is 12.7. The minimum Gasteiger partial charge on any atom is -0.496 e. The van der Waals surface area contributed by atoms with Gasteiger partial charge in [0.2, 0.25) is 5.89 Å². The fourth-order valence-corrected chi connectivity index (χ4v) is 2.31. The molecule has 0 aliphatic carbocycles. The first-order valence-electron chi connectivity index (χ1n) is 7.21. The van der Waals surface area contributed by atoms with Crippen LogP contribution in [0.25, 0.3) is 11.5 Å². The lowest BCUT2D eigenvalue weighted by Gasteiger charge is -2.04. The van der Waals surface area contributed by atoms with Crippen LogP contribution in [0.15, 0.2) is 51.9 Å². The van der Waals surface area contributed by atoms with Crippen molar-refractivity contribution in [3.63, 3.8) is 0 Å². The molecule has 0 unspecified atom stereocenters. The zero-order valence-corrected chi connectivity index (χ0v) is 13.9. The first-order chi connectivity index (χ1) is 11.6. The van der Waals surface area contributed by atoms with Crippen LogP contribution in [0.2, 0.25) is 5.02 Å². The number of nitrogens with zero attached hydrogens (tertiary/aromatic N) is 2. The van der Waals surface area contributed by atoms with Crippen LogP contribution < -0.4 is 4.74 Å². The van der Waals surface area contributed by atoms with Crippen molar-refractivity contribution in [2.45, 2.75) is 6.92 Å². The Bertz CT molecular complexity index is 886. The van der Waals surface area contributed by atoms with Gasteiger partial charge in [0.15, 0.2) is 5.69 Å². The zero-order chi connectivity index (χ0) is 17.1. The van der Waals surface area contributed by atoms with Gasteiger partial charge in [0.25, 0.3) is 0 Å². The Morgan fingerprint density at radius 3 is 2.67 bits per heavy atom. The van der Waals surface area contributed by atoms with Crippen LogP contribution in [-0.4, -0.2) is 23.4 Å². The molecule has 0 atom stereocenters. The molecule has 0 saturated heterocycles. The van der Waals surface area contributed by atoms with E-state index in [-0.39, 0.29) is 17.5 Å². The number of halogens is 1. The van der Waals surface area contributed by atoms with Gasteiger partial charge in [0.05, 0.1) is 24.6 Å². The number of ether oxygens (including phenoxy) is 1. The second-order valence-electron chi connectivity index (χ2n) is 5.15. The molecule has 0 saturated carbocycles. The molecule has 3 aromatic rings. The molecule has 0 radical (unpaired) electrons. The number of hydrogen-bond acceptors (Lipinski definition) is 5. The summed E-state index contributed by atoms with van der Waals surface area (Å²) in [7, 11) is 1.54. The minimum absolute atomic E-state index is 0.206. The Hall–Kier alpha value is -2.79. The fraction of sp³-hybridized carbons (Fsp3) is 0.111. The first-order valence-corrected chi connectivity index (χ1v) is 7.59. The van der Waals surface area contributed by atoms with Crippen LogP contribution in [-0.2, 0) is 0 Å². The standard InChI is InChI=1S/C18H15ClN2O3/c1-11-3-6-13(7-4-11)20-10-15-18(22)24-17(21-15)14-9-12(19)5-8-16(14)23-2/h3-10,22H,1-2H3. The molecule has 0 bridgehead atoms. The molecule has 0 spiro atoms. The Morgan fingerprint density at radius 2 is 1.96 bits per heavy atom. The van der Waals surface area contributed by atoms with Crippen LogP contribution in [0.1, 0.15) is 11.3 Å². The van der Waals surface area contributed by atoms with Gasteiger partial charge in [-0.1, -0.05) is 29.3 Å². The Balaban J connectivity index is 1.93. The van der Waals surface area contributed by atoms with Gasteiger partial charge in [0, 0.05) is 5.02 Å². The molecule has 2 aromatic carbocycles. The van der Waals surface area contributed by atoms with E-state index in [1.165, 1.54) is 13.3 Å². The Labute approximate surface area is 144 Å². The molecule has 1 aromatic heterocycles. The summed E-state index contributed by atoms with van der Waals surface area (Å²) in [6.07, 6.45) is 1.45. The maximum atomic E-state index is 9.95. The number of aromatic hydroxyl groups is 1. The third kappa shape index (κ3) is 3.41. The first kappa shape index (κ1) is 16.1. The summed E-state index contributed by atoms with van der Waals surface area (Å²) in [6.45, 7) is 2.00. The lowest BCUT2D eigenvalue weighted by molar-refractivity contribution is 0.336. The van der Waals surface area contributed by atoms with Gasteiger partial charge in [-0.25, -0.2) is 4.98 Å². The lowest BCUT2D eigenvalue weighted by atomic mass is 10.2. The molecule has 1 heterocycles. The lowest BCUT2D eigenvalue weighted by Crippen LogP contribution is -1.88. The predicted molar refractivity (Wildman–Crippen MR) is 93.6 cm³/mol. The number of aromatic nitrogens is 1. The number of aliphatic imine (C=N–C) groups is 1. The number of methoxy groups -OCH3 is 1. The van der Waals surface area contributed by atoms with Crippen molar-refractivity contribution in [2.75, 3.05) is 7.11 Å².